The highest BCUT2D eigenvalue weighted by atomic mass is 15.2. The number of hydrogen-bond donors (Lipinski definition) is 1. The van der Waals surface area contributed by atoms with E-state index in [0.717, 1.165) is 33.9 Å². The van der Waals surface area contributed by atoms with E-state index in [1.165, 1.54) is 38.9 Å². The number of nitrogens with one attached hydrogen (secondary N) is 1. The Kier molecular flexibility index (Phi) is 6.53. The van der Waals surface area contributed by atoms with Crippen molar-refractivity contribution < 1.29 is 0 Å². The molecule has 1 unspecified atom stereocenters. The third kappa shape index (κ3) is 4.78. The van der Waals surface area contributed by atoms with Crippen LogP contribution in [-0.2, 0) is 5.41 Å². The van der Waals surface area contributed by atoms with E-state index in [2.05, 4.69) is 134 Å². The number of rotatable bonds is 5. The van der Waals surface area contributed by atoms with Crippen LogP contribution in [0.3, 0.4) is 0 Å². The van der Waals surface area contributed by atoms with Gasteiger partial charge in [-0.25, -0.2) is 9.98 Å². The summed E-state index contributed by atoms with van der Waals surface area (Å²) in [4.78, 5) is 10.0. The van der Waals surface area contributed by atoms with Crippen LogP contribution in [0.4, 0.5) is 0 Å². The molecule has 1 heterocycles. The number of amidine groups is 2. The molecule has 1 aliphatic carbocycles. The molecule has 6 aromatic carbocycles. The van der Waals surface area contributed by atoms with Gasteiger partial charge in [0.05, 0.1) is 0 Å². The molecule has 0 saturated carbocycles. The number of benzene rings is 6. The predicted octanol–water partition coefficient (Wildman–Crippen LogP) is 9.82. The molecular weight excluding hydrogens is 546 g/mol. The molecule has 0 fully saturated rings. The molecular formula is C42H33N3. The molecule has 2 aliphatic rings. The highest BCUT2D eigenvalue weighted by Gasteiger charge is 2.37. The summed E-state index contributed by atoms with van der Waals surface area (Å²) in [7, 11) is 0. The van der Waals surface area contributed by atoms with Crippen LogP contribution in [0.2, 0.25) is 0 Å². The van der Waals surface area contributed by atoms with E-state index in [1.54, 1.807) is 0 Å². The molecule has 6 aromatic rings. The van der Waals surface area contributed by atoms with Gasteiger partial charge in [0.15, 0.2) is 5.84 Å². The third-order valence-electron chi connectivity index (χ3n) is 9.11. The van der Waals surface area contributed by atoms with Crippen LogP contribution < -0.4 is 5.32 Å². The monoisotopic (exact) mass is 579 g/mol. The zero-order valence-corrected chi connectivity index (χ0v) is 25.4. The van der Waals surface area contributed by atoms with E-state index in [9.17, 15) is 0 Å². The molecule has 45 heavy (non-hydrogen) atoms. The minimum Gasteiger partial charge on any atom is -0.344 e. The van der Waals surface area contributed by atoms with Gasteiger partial charge in [-0.05, 0) is 62.2 Å². The standard InChI is InChI=1S/C42H33N3/c1-42(2)37-25-10-9-22-35(37)36-24-13-23-34(38(36)42)32-20-11-18-30(26-32)31-19-12-21-33(27-31)41-44-39(28-14-5-3-6-15-28)43-40(45-41)29-16-7-4-8-17-29/h3-27,41H,1-2H3,(H,43,44,45). The molecule has 1 aliphatic heterocycles. The number of fused-ring (bicyclic) bond motifs is 3. The first-order chi connectivity index (χ1) is 22.1. The molecule has 0 amide bonds. The van der Waals surface area contributed by atoms with Gasteiger partial charge in [-0.15, -0.1) is 0 Å². The summed E-state index contributed by atoms with van der Waals surface area (Å²) in [6.07, 6.45) is -0.271. The zero-order chi connectivity index (χ0) is 30.4. The molecule has 1 N–H and O–H groups in total. The lowest BCUT2D eigenvalue weighted by Gasteiger charge is -2.25. The van der Waals surface area contributed by atoms with Crippen LogP contribution in [0.15, 0.2) is 162 Å². The van der Waals surface area contributed by atoms with Crippen molar-refractivity contribution >= 4 is 11.7 Å². The summed E-state index contributed by atoms with van der Waals surface area (Å²) in [5.41, 5.74) is 13.4. The van der Waals surface area contributed by atoms with Gasteiger partial charge in [0.1, 0.15) is 12.0 Å². The third-order valence-corrected chi connectivity index (χ3v) is 9.11. The molecule has 0 radical (unpaired) electrons. The van der Waals surface area contributed by atoms with E-state index in [4.69, 9.17) is 9.98 Å². The smallest absolute Gasteiger partial charge is 0.159 e. The van der Waals surface area contributed by atoms with Crippen molar-refractivity contribution in [3.05, 3.63) is 179 Å². The normalized spacial score (nSPS) is 16.2. The maximum absolute atomic E-state index is 5.09. The number of nitrogens with zero attached hydrogens (tertiary/aromatic N) is 2. The molecule has 0 saturated heterocycles. The van der Waals surface area contributed by atoms with Crippen molar-refractivity contribution in [2.45, 2.75) is 25.4 Å². The molecule has 3 heteroatoms. The molecule has 8 rings (SSSR count). The lowest BCUT2D eigenvalue weighted by Crippen LogP contribution is -2.33. The van der Waals surface area contributed by atoms with Gasteiger partial charge in [-0.1, -0.05) is 153 Å². The summed E-state index contributed by atoms with van der Waals surface area (Å²) in [6, 6.07) is 53.7. The average Bonchev–Trinajstić information content (AvgIpc) is 3.35. The molecule has 1 atom stereocenters. The summed E-state index contributed by atoms with van der Waals surface area (Å²) in [6.45, 7) is 4.70. The Labute approximate surface area is 264 Å². The molecule has 0 spiro atoms. The van der Waals surface area contributed by atoms with Gasteiger partial charge >= 0.3 is 0 Å². The first-order valence-electron chi connectivity index (χ1n) is 15.5. The largest absolute Gasteiger partial charge is 0.344 e. The van der Waals surface area contributed by atoms with Gasteiger partial charge in [0, 0.05) is 16.5 Å². The van der Waals surface area contributed by atoms with Crippen LogP contribution in [0.5, 0.6) is 0 Å². The maximum atomic E-state index is 5.09. The van der Waals surface area contributed by atoms with Gasteiger partial charge in [0.2, 0.25) is 0 Å². The van der Waals surface area contributed by atoms with Crippen LogP contribution in [0.1, 0.15) is 47.8 Å². The Bertz CT molecular complexity index is 2110. The van der Waals surface area contributed by atoms with Crippen LogP contribution >= 0.6 is 0 Å². The fourth-order valence-electron chi connectivity index (χ4n) is 6.92. The van der Waals surface area contributed by atoms with E-state index in [1.807, 2.05) is 36.4 Å². The van der Waals surface area contributed by atoms with Crippen molar-refractivity contribution in [1.29, 1.82) is 0 Å². The van der Waals surface area contributed by atoms with Crippen molar-refractivity contribution in [2.24, 2.45) is 9.98 Å². The van der Waals surface area contributed by atoms with Crippen molar-refractivity contribution in [3.63, 3.8) is 0 Å². The maximum Gasteiger partial charge on any atom is 0.159 e. The quantitative estimate of drug-likeness (QED) is 0.217. The van der Waals surface area contributed by atoms with Crippen LogP contribution in [0, 0.1) is 0 Å². The summed E-state index contributed by atoms with van der Waals surface area (Å²) < 4.78 is 0. The lowest BCUT2D eigenvalue weighted by molar-refractivity contribution is 0.662. The molecule has 216 valence electrons. The second kappa shape index (κ2) is 10.9. The predicted molar refractivity (Wildman–Crippen MR) is 187 cm³/mol. The fourth-order valence-corrected chi connectivity index (χ4v) is 6.92. The summed E-state index contributed by atoms with van der Waals surface area (Å²) >= 11 is 0. The second-order valence-electron chi connectivity index (χ2n) is 12.3. The Balaban J connectivity index is 1.17. The van der Waals surface area contributed by atoms with E-state index in [0.29, 0.717) is 0 Å². The zero-order valence-electron chi connectivity index (χ0n) is 25.4. The SMILES string of the molecule is CC1(C)c2ccccc2-c2cccc(-c3cccc(-c4cccc(C5N=C(c6ccccc6)N=C(c6ccccc6)N5)c4)c3)c21. The minimum absolute atomic E-state index is 0.0719. The fraction of sp³-hybridized carbons (Fsp3) is 0.0952. The molecule has 0 aromatic heterocycles. The van der Waals surface area contributed by atoms with Crippen LogP contribution in [-0.4, -0.2) is 11.7 Å². The Morgan fingerprint density at radius 3 is 1.89 bits per heavy atom. The van der Waals surface area contributed by atoms with Gasteiger partial charge in [-0.3, -0.25) is 0 Å². The van der Waals surface area contributed by atoms with Gasteiger partial charge < -0.3 is 5.32 Å². The Hall–Kier alpha value is -5.54. The van der Waals surface area contributed by atoms with E-state index in [-0.39, 0.29) is 11.6 Å². The molecule has 0 bridgehead atoms. The van der Waals surface area contributed by atoms with Crippen LogP contribution in [0.25, 0.3) is 33.4 Å². The van der Waals surface area contributed by atoms with Gasteiger partial charge in [0.25, 0.3) is 0 Å². The topological polar surface area (TPSA) is 36.8 Å². The lowest BCUT2D eigenvalue weighted by atomic mass is 9.78. The Morgan fingerprint density at radius 1 is 0.511 bits per heavy atom. The second-order valence-corrected chi connectivity index (χ2v) is 12.3. The Morgan fingerprint density at radius 2 is 1.09 bits per heavy atom. The number of aliphatic imine (C=N–C) groups is 2. The van der Waals surface area contributed by atoms with E-state index < -0.39 is 0 Å². The number of hydrogen-bond acceptors (Lipinski definition) is 3. The first kappa shape index (κ1) is 27.0. The minimum atomic E-state index is -0.271. The molecule has 3 nitrogen and oxygen atoms in total. The van der Waals surface area contributed by atoms with Crippen molar-refractivity contribution in [3.8, 4) is 33.4 Å². The summed E-state index contributed by atoms with van der Waals surface area (Å²) in [5, 5.41) is 3.61. The highest BCUT2D eigenvalue weighted by Crippen LogP contribution is 2.52. The average molecular weight is 580 g/mol. The highest BCUT2D eigenvalue weighted by molar-refractivity contribution is 6.13. The van der Waals surface area contributed by atoms with E-state index >= 15 is 0 Å². The first-order valence-corrected chi connectivity index (χ1v) is 15.5. The van der Waals surface area contributed by atoms with Gasteiger partial charge in [-0.2, -0.15) is 0 Å². The van der Waals surface area contributed by atoms with Crippen molar-refractivity contribution in [2.75, 3.05) is 0 Å². The van der Waals surface area contributed by atoms with Crippen molar-refractivity contribution in [1.82, 2.24) is 5.32 Å². The summed E-state index contributed by atoms with van der Waals surface area (Å²) in [5.74, 6) is 1.55.